The van der Waals surface area contributed by atoms with Crippen LogP contribution in [0.1, 0.15) is 60.0 Å². The number of hydrogen-bond donors (Lipinski definition) is 1. The lowest BCUT2D eigenvalue weighted by atomic mass is 9.89. The molecule has 5 heteroatoms. The molecule has 0 aliphatic heterocycles. The second kappa shape index (κ2) is 8.03. The lowest BCUT2D eigenvalue weighted by molar-refractivity contribution is 0.413. The van der Waals surface area contributed by atoms with Gasteiger partial charge in [0.15, 0.2) is 0 Å². The summed E-state index contributed by atoms with van der Waals surface area (Å²) in [6.45, 7) is 5.63. The first-order chi connectivity index (χ1) is 12.9. The van der Waals surface area contributed by atoms with Crippen molar-refractivity contribution in [2.75, 3.05) is 7.11 Å². The Morgan fingerprint density at radius 2 is 1.67 bits per heavy atom. The molecule has 0 amide bonds. The molecular weight excluding hydrogens is 358 g/mol. The van der Waals surface area contributed by atoms with E-state index in [4.69, 9.17) is 4.74 Å². The van der Waals surface area contributed by atoms with Gasteiger partial charge in [0.25, 0.3) is 0 Å². The molecule has 27 heavy (non-hydrogen) atoms. The molecule has 0 spiro atoms. The van der Waals surface area contributed by atoms with E-state index in [9.17, 15) is 8.42 Å². The van der Waals surface area contributed by atoms with Gasteiger partial charge in [0.05, 0.1) is 12.0 Å². The van der Waals surface area contributed by atoms with Gasteiger partial charge in [0.1, 0.15) is 5.75 Å². The van der Waals surface area contributed by atoms with Gasteiger partial charge in [0.2, 0.25) is 10.0 Å². The first-order valence-corrected chi connectivity index (χ1v) is 11.1. The van der Waals surface area contributed by atoms with Crippen LogP contribution in [0, 0.1) is 13.8 Å². The maximum absolute atomic E-state index is 13.2. The molecular formula is C22H29NO3S. The molecule has 0 fully saturated rings. The average molecular weight is 388 g/mol. The van der Waals surface area contributed by atoms with E-state index in [-0.39, 0.29) is 6.04 Å². The van der Waals surface area contributed by atoms with Crippen molar-refractivity contribution in [3.8, 4) is 5.75 Å². The first-order valence-electron chi connectivity index (χ1n) is 9.65. The molecule has 1 aliphatic rings. The van der Waals surface area contributed by atoms with Crippen LogP contribution in [0.2, 0.25) is 0 Å². The predicted octanol–water partition coefficient (Wildman–Crippen LogP) is 4.62. The summed E-state index contributed by atoms with van der Waals surface area (Å²) in [4.78, 5) is 0.347. The van der Waals surface area contributed by atoms with E-state index >= 15 is 0 Å². The third kappa shape index (κ3) is 4.19. The van der Waals surface area contributed by atoms with Crippen LogP contribution in [0.15, 0.2) is 35.2 Å². The molecule has 0 radical (unpaired) electrons. The van der Waals surface area contributed by atoms with E-state index in [1.165, 1.54) is 24.0 Å². The van der Waals surface area contributed by atoms with E-state index in [2.05, 4.69) is 22.9 Å². The molecule has 4 nitrogen and oxygen atoms in total. The molecule has 0 saturated carbocycles. The van der Waals surface area contributed by atoms with Crippen molar-refractivity contribution in [2.45, 2.75) is 63.8 Å². The summed E-state index contributed by atoms with van der Waals surface area (Å²) in [5.74, 6) is 0.672. The quantitative estimate of drug-likeness (QED) is 0.787. The van der Waals surface area contributed by atoms with Gasteiger partial charge in [-0.2, -0.15) is 0 Å². The number of methoxy groups -OCH3 is 1. The topological polar surface area (TPSA) is 55.4 Å². The number of hydrogen-bond acceptors (Lipinski definition) is 3. The maximum atomic E-state index is 13.2. The molecule has 3 rings (SSSR count). The van der Waals surface area contributed by atoms with Crippen molar-refractivity contribution in [1.82, 2.24) is 4.72 Å². The normalized spacial score (nSPS) is 15.3. The summed E-state index contributed by atoms with van der Waals surface area (Å²) in [5.41, 5.74) is 5.21. The SMILES string of the molecule is CCC(NS(=O)(=O)c1c(C)cc(OC)cc1C)c1ccc2c(c1)CCCC2. The van der Waals surface area contributed by atoms with Gasteiger partial charge in [0, 0.05) is 6.04 Å². The van der Waals surface area contributed by atoms with Gasteiger partial charge in [-0.05, 0) is 85.9 Å². The molecule has 0 bridgehead atoms. The fraction of sp³-hybridized carbons (Fsp3) is 0.455. The minimum absolute atomic E-state index is 0.233. The average Bonchev–Trinajstić information content (AvgIpc) is 2.64. The van der Waals surface area contributed by atoms with E-state index in [1.807, 2.05) is 20.8 Å². The number of sulfonamides is 1. The molecule has 1 aliphatic carbocycles. The molecule has 1 atom stereocenters. The highest BCUT2D eigenvalue weighted by atomic mass is 32.2. The van der Waals surface area contributed by atoms with Crippen LogP contribution in [0.5, 0.6) is 5.75 Å². The van der Waals surface area contributed by atoms with Gasteiger partial charge < -0.3 is 4.74 Å². The van der Waals surface area contributed by atoms with Gasteiger partial charge in [-0.15, -0.1) is 0 Å². The zero-order valence-electron chi connectivity index (χ0n) is 16.6. The van der Waals surface area contributed by atoms with Crippen LogP contribution in [-0.2, 0) is 22.9 Å². The minimum Gasteiger partial charge on any atom is -0.497 e. The van der Waals surface area contributed by atoms with Crippen molar-refractivity contribution in [3.63, 3.8) is 0 Å². The van der Waals surface area contributed by atoms with Crippen molar-refractivity contribution in [3.05, 3.63) is 58.1 Å². The number of fused-ring (bicyclic) bond motifs is 1. The van der Waals surface area contributed by atoms with E-state index in [1.54, 1.807) is 19.2 Å². The van der Waals surface area contributed by atoms with Gasteiger partial charge in [-0.1, -0.05) is 25.1 Å². The second-order valence-electron chi connectivity index (χ2n) is 7.41. The fourth-order valence-corrected chi connectivity index (χ4v) is 5.82. The second-order valence-corrected chi connectivity index (χ2v) is 9.06. The third-order valence-corrected chi connectivity index (χ3v) is 7.20. The molecule has 1 unspecified atom stereocenters. The summed E-state index contributed by atoms with van der Waals surface area (Å²) >= 11 is 0. The third-order valence-electron chi connectivity index (χ3n) is 5.42. The molecule has 0 saturated heterocycles. The van der Waals surface area contributed by atoms with Crippen LogP contribution in [0.3, 0.4) is 0 Å². The summed E-state index contributed by atoms with van der Waals surface area (Å²) in [6, 6.07) is 9.74. The van der Waals surface area contributed by atoms with Crippen LogP contribution < -0.4 is 9.46 Å². The Kier molecular flexibility index (Phi) is 5.92. The Bertz CT molecular complexity index is 912. The van der Waals surface area contributed by atoms with Crippen molar-refractivity contribution in [1.29, 1.82) is 0 Å². The predicted molar refractivity (Wildman–Crippen MR) is 109 cm³/mol. The van der Waals surface area contributed by atoms with Crippen LogP contribution in [0.25, 0.3) is 0 Å². The highest BCUT2D eigenvalue weighted by Gasteiger charge is 2.25. The van der Waals surface area contributed by atoms with Crippen LogP contribution in [-0.4, -0.2) is 15.5 Å². The lowest BCUT2D eigenvalue weighted by Crippen LogP contribution is -2.29. The van der Waals surface area contributed by atoms with Crippen molar-refractivity contribution < 1.29 is 13.2 Å². The van der Waals surface area contributed by atoms with Crippen molar-refractivity contribution in [2.24, 2.45) is 0 Å². The Balaban J connectivity index is 1.92. The van der Waals surface area contributed by atoms with E-state index in [0.717, 1.165) is 18.4 Å². The summed E-state index contributed by atoms with van der Waals surface area (Å²) < 4.78 is 34.5. The molecule has 0 aromatic heterocycles. The highest BCUT2D eigenvalue weighted by Crippen LogP contribution is 2.30. The number of aryl methyl sites for hydroxylation is 4. The molecule has 2 aromatic carbocycles. The van der Waals surface area contributed by atoms with Crippen LogP contribution in [0.4, 0.5) is 0 Å². The minimum atomic E-state index is -3.63. The summed E-state index contributed by atoms with van der Waals surface area (Å²) in [6.07, 6.45) is 5.37. The standard InChI is InChI=1S/C22H29NO3S/c1-5-21(19-11-10-17-8-6-7-9-18(17)14-19)23-27(24,25)22-15(2)12-20(26-4)13-16(22)3/h10-14,21,23H,5-9H2,1-4H3. The Labute approximate surface area is 163 Å². The molecule has 146 valence electrons. The highest BCUT2D eigenvalue weighted by molar-refractivity contribution is 7.89. The van der Waals surface area contributed by atoms with Gasteiger partial charge >= 0.3 is 0 Å². The van der Waals surface area contributed by atoms with Crippen molar-refractivity contribution >= 4 is 10.0 Å². The Hall–Kier alpha value is -1.85. The van der Waals surface area contributed by atoms with E-state index < -0.39 is 10.0 Å². The monoisotopic (exact) mass is 387 g/mol. The Morgan fingerprint density at radius 3 is 2.26 bits per heavy atom. The zero-order valence-corrected chi connectivity index (χ0v) is 17.4. The number of benzene rings is 2. The first kappa shape index (κ1) is 19.9. The maximum Gasteiger partial charge on any atom is 0.241 e. The lowest BCUT2D eigenvalue weighted by Gasteiger charge is -2.22. The largest absolute Gasteiger partial charge is 0.497 e. The molecule has 0 heterocycles. The zero-order chi connectivity index (χ0) is 19.6. The number of ether oxygens (including phenoxy) is 1. The number of nitrogens with one attached hydrogen (secondary N) is 1. The van der Waals surface area contributed by atoms with Gasteiger partial charge in [-0.3, -0.25) is 0 Å². The smallest absolute Gasteiger partial charge is 0.241 e. The number of rotatable bonds is 6. The Morgan fingerprint density at radius 1 is 1.04 bits per heavy atom. The van der Waals surface area contributed by atoms with Crippen LogP contribution >= 0.6 is 0 Å². The molecule has 1 N–H and O–H groups in total. The summed E-state index contributed by atoms with van der Waals surface area (Å²) in [7, 11) is -2.05. The molecule has 2 aromatic rings. The van der Waals surface area contributed by atoms with Gasteiger partial charge in [-0.25, -0.2) is 13.1 Å². The fourth-order valence-electron chi connectivity index (χ4n) is 4.06. The van der Waals surface area contributed by atoms with E-state index in [0.29, 0.717) is 28.2 Å². The summed E-state index contributed by atoms with van der Waals surface area (Å²) in [5, 5.41) is 0.